The van der Waals surface area contributed by atoms with Crippen molar-refractivity contribution in [1.82, 2.24) is 15.0 Å². The van der Waals surface area contributed by atoms with Crippen molar-refractivity contribution in [2.24, 2.45) is 0 Å². The molecule has 6 aromatic rings. The van der Waals surface area contributed by atoms with Crippen molar-refractivity contribution in [1.29, 1.82) is 0 Å². The van der Waals surface area contributed by atoms with Crippen LogP contribution in [0, 0.1) is 6.92 Å². The molecule has 2 N–H and O–H groups in total. The molecule has 3 aromatic heterocycles. The predicted molar refractivity (Wildman–Crippen MR) is 134 cm³/mol. The Labute approximate surface area is 193 Å². The second-order valence-electron chi connectivity index (χ2n) is 6.04. The Morgan fingerprint density at radius 1 is 0.606 bits per heavy atom. The Bertz CT molecular complexity index is 1180. The molecular formula is C26H30N4O3. The van der Waals surface area contributed by atoms with Crippen LogP contribution < -0.4 is 5.73 Å². The Morgan fingerprint density at radius 3 is 1.64 bits per heavy atom. The minimum atomic E-state index is 0.223. The second kappa shape index (κ2) is 13.3. The molecule has 0 aliphatic carbocycles. The number of rotatable bonds is 0. The van der Waals surface area contributed by atoms with Crippen LogP contribution in [-0.4, -0.2) is 15.0 Å². The predicted octanol–water partition coefficient (Wildman–Crippen LogP) is 7.43. The summed E-state index contributed by atoms with van der Waals surface area (Å²) in [5.74, 6) is 0.723. The lowest BCUT2D eigenvalue weighted by Crippen LogP contribution is -1.80. The number of nitrogens with two attached hydrogens (primary N) is 1. The summed E-state index contributed by atoms with van der Waals surface area (Å²) in [6, 6.07) is 23.1. The molecule has 3 aromatic carbocycles. The van der Waals surface area contributed by atoms with E-state index in [0.717, 1.165) is 39.2 Å². The molecule has 0 unspecified atom stereocenters. The summed E-state index contributed by atoms with van der Waals surface area (Å²) >= 11 is 0. The first kappa shape index (κ1) is 25.1. The lowest BCUT2D eigenvalue weighted by Gasteiger charge is -1.79. The van der Waals surface area contributed by atoms with Gasteiger partial charge in [-0.25, -0.2) is 9.97 Å². The van der Waals surface area contributed by atoms with E-state index >= 15 is 0 Å². The summed E-state index contributed by atoms with van der Waals surface area (Å²) in [6.07, 6.45) is 1.45. The van der Waals surface area contributed by atoms with Crippen LogP contribution in [0.4, 0.5) is 6.01 Å². The summed E-state index contributed by atoms with van der Waals surface area (Å²) in [5.41, 5.74) is 10.4. The molecule has 0 spiro atoms. The third-order valence-electron chi connectivity index (χ3n) is 3.95. The van der Waals surface area contributed by atoms with Crippen molar-refractivity contribution in [3.05, 3.63) is 85.1 Å². The van der Waals surface area contributed by atoms with Gasteiger partial charge >= 0.3 is 0 Å². The van der Waals surface area contributed by atoms with Crippen molar-refractivity contribution in [3.63, 3.8) is 0 Å². The summed E-state index contributed by atoms with van der Waals surface area (Å²) in [4.78, 5) is 12.0. The van der Waals surface area contributed by atoms with Crippen LogP contribution in [0.15, 0.2) is 92.4 Å². The molecule has 7 nitrogen and oxygen atoms in total. The molecule has 7 heteroatoms. The molecule has 0 aliphatic rings. The van der Waals surface area contributed by atoms with Gasteiger partial charge in [-0.05, 0) is 36.4 Å². The van der Waals surface area contributed by atoms with Crippen molar-refractivity contribution in [2.45, 2.75) is 34.6 Å². The first-order valence-electron chi connectivity index (χ1n) is 10.9. The third-order valence-corrected chi connectivity index (χ3v) is 3.95. The zero-order valence-electron chi connectivity index (χ0n) is 19.6. The average Bonchev–Trinajstić information content (AvgIpc) is 3.58. The van der Waals surface area contributed by atoms with Gasteiger partial charge in [-0.3, -0.25) is 0 Å². The van der Waals surface area contributed by atoms with E-state index in [9.17, 15) is 0 Å². The topological polar surface area (TPSA) is 104 Å². The first-order valence-corrected chi connectivity index (χ1v) is 10.9. The number of benzene rings is 3. The van der Waals surface area contributed by atoms with E-state index in [1.165, 1.54) is 6.39 Å². The van der Waals surface area contributed by atoms with Gasteiger partial charge in [0.1, 0.15) is 16.6 Å². The monoisotopic (exact) mass is 446 g/mol. The molecule has 0 bridgehead atoms. The van der Waals surface area contributed by atoms with Gasteiger partial charge in [-0.2, -0.15) is 4.98 Å². The van der Waals surface area contributed by atoms with Crippen molar-refractivity contribution >= 4 is 39.3 Å². The van der Waals surface area contributed by atoms with E-state index < -0.39 is 0 Å². The van der Waals surface area contributed by atoms with Gasteiger partial charge in [-0.1, -0.05) is 64.1 Å². The number of aromatic nitrogens is 3. The quantitative estimate of drug-likeness (QED) is 0.259. The Morgan fingerprint density at radius 2 is 1.09 bits per heavy atom. The van der Waals surface area contributed by atoms with E-state index in [0.29, 0.717) is 0 Å². The number of aryl methyl sites for hydroxylation is 1. The maximum Gasteiger partial charge on any atom is 0.292 e. The fourth-order valence-corrected chi connectivity index (χ4v) is 2.68. The molecule has 0 atom stereocenters. The van der Waals surface area contributed by atoms with E-state index in [4.69, 9.17) is 19.0 Å². The second-order valence-corrected chi connectivity index (χ2v) is 6.04. The van der Waals surface area contributed by atoms with Crippen molar-refractivity contribution in [3.8, 4) is 0 Å². The lowest BCUT2D eigenvalue weighted by molar-refractivity contribution is 0.561. The van der Waals surface area contributed by atoms with Crippen LogP contribution in [0.2, 0.25) is 0 Å². The SMILES string of the molecule is CC.CC.Cc1nc2ccccc2o1.Nc1nc2ccccc2o1.c1ccc2ocnc2c1. The van der Waals surface area contributed by atoms with Crippen molar-refractivity contribution < 1.29 is 13.3 Å². The number of hydrogen-bond acceptors (Lipinski definition) is 7. The minimum absolute atomic E-state index is 0.223. The molecule has 0 radical (unpaired) electrons. The highest BCUT2D eigenvalue weighted by Gasteiger charge is 1.98. The number of anilines is 1. The molecule has 172 valence electrons. The van der Waals surface area contributed by atoms with E-state index in [1.54, 1.807) is 0 Å². The van der Waals surface area contributed by atoms with Crippen LogP contribution in [0.5, 0.6) is 0 Å². The highest BCUT2D eigenvalue weighted by molar-refractivity contribution is 5.74. The molecule has 0 saturated carbocycles. The Hall–Kier alpha value is -4.13. The summed E-state index contributed by atoms with van der Waals surface area (Å²) in [7, 11) is 0. The fourth-order valence-electron chi connectivity index (χ4n) is 2.68. The highest BCUT2D eigenvalue weighted by atomic mass is 16.4. The van der Waals surface area contributed by atoms with Crippen LogP contribution in [0.3, 0.4) is 0 Å². The van der Waals surface area contributed by atoms with E-state index in [1.807, 2.05) is 107 Å². The minimum Gasteiger partial charge on any atom is -0.443 e. The molecular weight excluding hydrogens is 416 g/mol. The Balaban J connectivity index is 0.000000163. The molecule has 0 saturated heterocycles. The summed E-state index contributed by atoms with van der Waals surface area (Å²) in [5, 5.41) is 0. The van der Waals surface area contributed by atoms with Crippen LogP contribution in [0.1, 0.15) is 33.6 Å². The zero-order valence-corrected chi connectivity index (χ0v) is 19.6. The molecule has 0 fully saturated rings. The summed E-state index contributed by atoms with van der Waals surface area (Å²) in [6.45, 7) is 9.85. The van der Waals surface area contributed by atoms with Gasteiger partial charge < -0.3 is 19.0 Å². The van der Waals surface area contributed by atoms with Gasteiger partial charge in [0.25, 0.3) is 6.01 Å². The molecule has 3 heterocycles. The lowest BCUT2D eigenvalue weighted by atomic mass is 10.3. The van der Waals surface area contributed by atoms with Gasteiger partial charge in [0.2, 0.25) is 0 Å². The van der Waals surface area contributed by atoms with Gasteiger partial charge in [-0.15, -0.1) is 0 Å². The normalized spacial score (nSPS) is 9.48. The number of nitrogens with zero attached hydrogens (tertiary/aromatic N) is 3. The first-order chi connectivity index (χ1) is 16.2. The number of nitrogen functional groups attached to an aromatic ring is 1. The van der Waals surface area contributed by atoms with Gasteiger partial charge in [0.15, 0.2) is 29.0 Å². The standard InChI is InChI=1S/C8H7NO.C7H6N2O.C7H5NO.2C2H6/c1-6-9-7-4-2-3-5-8(7)10-6;8-7-9-5-3-1-2-4-6(5)10-7;1-2-4-7-6(3-1)8-5-9-7;2*1-2/h2-5H,1H3;1-4H,(H2,8,9);1-5H;2*1-2H3. The third kappa shape index (κ3) is 7.21. The highest BCUT2D eigenvalue weighted by Crippen LogP contribution is 2.15. The van der Waals surface area contributed by atoms with Crippen LogP contribution >= 0.6 is 0 Å². The fraction of sp³-hybridized carbons (Fsp3) is 0.192. The van der Waals surface area contributed by atoms with Crippen LogP contribution in [0.25, 0.3) is 33.3 Å². The smallest absolute Gasteiger partial charge is 0.292 e. The molecule has 0 amide bonds. The number of para-hydroxylation sites is 6. The maximum absolute atomic E-state index is 5.31. The molecule has 6 rings (SSSR count). The van der Waals surface area contributed by atoms with E-state index in [2.05, 4.69) is 15.0 Å². The molecule has 0 aliphatic heterocycles. The van der Waals surface area contributed by atoms with Crippen LogP contribution in [-0.2, 0) is 0 Å². The maximum atomic E-state index is 5.31. The average molecular weight is 447 g/mol. The van der Waals surface area contributed by atoms with Gasteiger partial charge in [0.05, 0.1) is 0 Å². The largest absolute Gasteiger partial charge is 0.443 e. The summed E-state index contributed by atoms with van der Waals surface area (Å²) < 4.78 is 15.3. The molecule has 33 heavy (non-hydrogen) atoms. The zero-order chi connectivity index (χ0) is 24.1. The Kier molecular flexibility index (Phi) is 10.1. The van der Waals surface area contributed by atoms with Crippen molar-refractivity contribution in [2.75, 3.05) is 5.73 Å². The number of oxazole rings is 3. The van der Waals surface area contributed by atoms with Gasteiger partial charge in [0, 0.05) is 6.92 Å². The van der Waals surface area contributed by atoms with E-state index in [-0.39, 0.29) is 6.01 Å². The number of fused-ring (bicyclic) bond motifs is 3. The number of hydrogen-bond donors (Lipinski definition) is 1.